The van der Waals surface area contributed by atoms with Gasteiger partial charge in [0.05, 0.1) is 5.38 Å². The normalized spacial score (nSPS) is 12.7. The van der Waals surface area contributed by atoms with Gasteiger partial charge in [-0.2, -0.15) is 0 Å². The Hall–Kier alpha value is -1.35. The Labute approximate surface area is 109 Å². The van der Waals surface area contributed by atoms with Crippen molar-refractivity contribution in [2.75, 3.05) is 0 Å². The zero-order valence-corrected chi connectivity index (χ0v) is 10.7. The summed E-state index contributed by atoms with van der Waals surface area (Å²) in [6, 6.07) is 7.13. The Morgan fingerprint density at radius 1 is 1.22 bits per heavy atom. The number of benzene rings is 1. The zero-order valence-electron chi connectivity index (χ0n) is 9.92. The van der Waals surface area contributed by atoms with Crippen LogP contribution in [0.4, 0.5) is 8.78 Å². The third-order valence-corrected chi connectivity index (χ3v) is 3.12. The minimum Gasteiger partial charge on any atom is -0.465 e. The van der Waals surface area contributed by atoms with Crippen LogP contribution in [0.1, 0.15) is 29.4 Å². The Kier molecular flexibility index (Phi) is 4.02. The van der Waals surface area contributed by atoms with Crippen molar-refractivity contribution in [1.82, 2.24) is 0 Å². The van der Waals surface area contributed by atoms with E-state index in [9.17, 15) is 8.78 Å². The highest BCUT2D eigenvalue weighted by Gasteiger charge is 2.15. The van der Waals surface area contributed by atoms with Crippen molar-refractivity contribution in [3.63, 3.8) is 0 Å². The predicted molar refractivity (Wildman–Crippen MR) is 66.7 cm³/mol. The second-order valence-corrected chi connectivity index (χ2v) is 4.59. The molecule has 1 unspecified atom stereocenters. The van der Waals surface area contributed by atoms with Crippen LogP contribution in [0.5, 0.6) is 0 Å². The molecule has 0 N–H and O–H groups in total. The summed E-state index contributed by atoms with van der Waals surface area (Å²) < 4.78 is 31.7. The van der Waals surface area contributed by atoms with Gasteiger partial charge in [-0.1, -0.05) is 13.0 Å². The number of hydrogen-bond donors (Lipinski definition) is 0. The van der Waals surface area contributed by atoms with Crippen LogP contribution in [-0.2, 0) is 12.8 Å². The van der Waals surface area contributed by atoms with E-state index in [1.807, 2.05) is 13.0 Å². The number of aryl methyl sites for hydroxylation is 1. The molecule has 0 aliphatic heterocycles. The quantitative estimate of drug-likeness (QED) is 0.738. The third-order valence-electron chi connectivity index (χ3n) is 2.75. The van der Waals surface area contributed by atoms with Crippen molar-refractivity contribution in [2.24, 2.45) is 0 Å². The average molecular weight is 271 g/mol. The fraction of sp³-hybridized carbons (Fsp3) is 0.286. The van der Waals surface area contributed by atoms with Gasteiger partial charge in [0, 0.05) is 12.5 Å². The molecule has 2 rings (SSSR count). The van der Waals surface area contributed by atoms with Gasteiger partial charge in [-0.15, -0.1) is 11.6 Å². The first-order valence-corrected chi connectivity index (χ1v) is 6.20. The highest BCUT2D eigenvalue weighted by atomic mass is 35.5. The molecule has 1 atom stereocenters. The summed E-state index contributed by atoms with van der Waals surface area (Å²) in [7, 11) is 0. The molecule has 2 aromatic rings. The molecule has 1 aromatic carbocycles. The maximum absolute atomic E-state index is 13.5. The van der Waals surface area contributed by atoms with Crippen LogP contribution >= 0.6 is 11.6 Å². The molecule has 1 nitrogen and oxygen atoms in total. The van der Waals surface area contributed by atoms with Gasteiger partial charge in [0.1, 0.15) is 23.2 Å². The minimum absolute atomic E-state index is 0.268. The highest BCUT2D eigenvalue weighted by molar-refractivity contribution is 6.20. The lowest BCUT2D eigenvalue weighted by Gasteiger charge is -2.07. The van der Waals surface area contributed by atoms with E-state index in [1.54, 1.807) is 6.07 Å². The standard InChI is InChI=1S/C14H13ClF2O/c1-2-11-5-6-14(18-11)12(15)7-9-3-4-10(16)8-13(9)17/h3-6,8,12H,2,7H2,1H3. The van der Waals surface area contributed by atoms with E-state index < -0.39 is 17.0 Å². The van der Waals surface area contributed by atoms with Gasteiger partial charge in [-0.05, 0) is 30.2 Å². The average Bonchev–Trinajstić information content (AvgIpc) is 2.81. The predicted octanol–water partition coefficient (Wildman–Crippen LogP) is 4.64. The molecule has 0 bridgehead atoms. The van der Waals surface area contributed by atoms with Gasteiger partial charge < -0.3 is 4.42 Å². The maximum Gasteiger partial charge on any atom is 0.129 e. The lowest BCUT2D eigenvalue weighted by molar-refractivity contribution is 0.462. The van der Waals surface area contributed by atoms with Gasteiger partial charge in [0.15, 0.2) is 0 Å². The molecule has 0 saturated carbocycles. The minimum atomic E-state index is -0.589. The van der Waals surface area contributed by atoms with Crippen LogP contribution in [0, 0.1) is 11.6 Å². The van der Waals surface area contributed by atoms with Crippen molar-refractivity contribution in [3.05, 3.63) is 59.1 Å². The van der Waals surface area contributed by atoms with Crippen LogP contribution in [0.25, 0.3) is 0 Å². The molecule has 0 radical (unpaired) electrons. The molecule has 18 heavy (non-hydrogen) atoms. The number of rotatable bonds is 4. The van der Waals surface area contributed by atoms with Crippen molar-refractivity contribution in [2.45, 2.75) is 25.1 Å². The van der Waals surface area contributed by atoms with Gasteiger partial charge >= 0.3 is 0 Å². The molecule has 0 spiro atoms. The second-order valence-electron chi connectivity index (χ2n) is 4.07. The number of alkyl halides is 1. The molecule has 0 saturated heterocycles. The van der Waals surface area contributed by atoms with Gasteiger partial charge in [0.25, 0.3) is 0 Å². The highest BCUT2D eigenvalue weighted by Crippen LogP contribution is 2.28. The first-order valence-electron chi connectivity index (χ1n) is 5.76. The SMILES string of the molecule is CCc1ccc(C(Cl)Cc2ccc(F)cc2F)o1. The molecular weight excluding hydrogens is 258 g/mol. The molecule has 1 aromatic heterocycles. The summed E-state index contributed by atoms with van der Waals surface area (Å²) in [5, 5.41) is -0.453. The van der Waals surface area contributed by atoms with Crippen LogP contribution in [0.3, 0.4) is 0 Å². The summed E-state index contributed by atoms with van der Waals surface area (Å²) in [5.74, 6) is 0.282. The Morgan fingerprint density at radius 3 is 2.61 bits per heavy atom. The third kappa shape index (κ3) is 2.91. The van der Waals surface area contributed by atoms with Gasteiger partial charge in [-0.25, -0.2) is 8.78 Å². The van der Waals surface area contributed by atoms with E-state index in [1.165, 1.54) is 12.1 Å². The first-order chi connectivity index (χ1) is 8.60. The molecule has 96 valence electrons. The smallest absolute Gasteiger partial charge is 0.129 e. The van der Waals surface area contributed by atoms with E-state index in [4.69, 9.17) is 16.0 Å². The summed E-state index contributed by atoms with van der Waals surface area (Å²) in [4.78, 5) is 0. The molecule has 0 aliphatic carbocycles. The van der Waals surface area contributed by atoms with Crippen molar-refractivity contribution < 1.29 is 13.2 Å². The van der Waals surface area contributed by atoms with E-state index in [-0.39, 0.29) is 6.42 Å². The van der Waals surface area contributed by atoms with Crippen LogP contribution in [-0.4, -0.2) is 0 Å². The van der Waals surface area contributed by atoms with Gasteiger partial charge in [-0.3, -0.25) is 0 Å². The summed E-state index contributed by atoms with van der Waals surface area (Å²) >= 11 is 6.17. The monoisotopic (exact) mass is 270 g/mol. The van der Waals surface area contributed by atoms with E-state index in [0.29, 0.717) is 11.3 Å². The summed E-state index contributed by atoms with van der Waals surface area (Å²) in [6.45, 7) is 1.98. The Bertz CT molecular complexity index is 536. The first kappa shape index (κ1) is 13.1. The topological polar surface area (TPSA) is 13.1 Å². The van der Waals surface area contributed by atoms with E-state index >= 15 is 0 Å². The lowest BCUT2D eigenvalue weighted by Crippen LogP contribution is -1.98. The van der Waals surface area contributed by atoms with E-state index in [0.717, 1.165) is 18.2 Å². The zero-order chi connectivity index (χ0) is 13.1. The Morgan fingerprint density at radius 2 is 2.00 bits per heavy atom. The fourth-order valence-corrected chi connectivity index (χ4v) is 2.02. The van der Waals surface area contributed by atoms with Crippen LogP contribution in [0.15, 0.2) is 34.7 Å². The Balaban J connectivity index is 2.13. The molecular formula is C14H13ClF2O. The van der Waals surface area contributed by atoms with Crippen molar-refractivity contribution in [3.8, 4) is 0 Å². The van der Waals surface area contributed by atoms with Crippen LogP contribution < -0.4 is 0 Å². The maximum atomic E-state index is 13.5. The summed E-state index contributed by atoms with van der Waals surface area (Å²) in [5.41, 5.74) is 0.380. The second kappa shape index (κ2) is 5.53. The fourth-order valence-electron chi connectivity index (χ4n) is 1.73. The van der Waals surface area contributed by atoms with Crippen molar-refractivity contribution >= 4 is 11.6 Å². The van der Waals surface area contributed by atoms with Crippen LogP contribution in [0.2, 0.25) is 0 Å². The molecule has 1 heterocycles. The number of furan rings is 1. The lowest BCUT2D eigenvalue weighted by atomic mass is 10.1. The molecule has 0 amide bonds. The number of hydrogen-bond acceptors (Lipinski definition) is 1. The summed E-state index contributed by atoms with van der Waals surface area (Å²) in [6.07, 6.45) is 1.05. The van der Waals surface area contributed by atoms with Gasteiger partial charge in [0.2, 0.25) is 0 Å². The van der Waals surface area contributed by atoms with Crippen molar-refractivity contribution in [1.29, 1.82) is 0 Å². The van der Waals surface area contributed by atoms with E-state index in [2.05, 4.69) is 0 Å². The molecule has 0 aliphatic rings. The largest absolute Gasteiger partial charge is 0.465 e. The number of halogens is 3. The molecule has 0 fully saturated rings. The molecule has 4 heteroatoms.